The lowest BCUT2D eigenvalue weighted by Gasteiger charge is -2.25. The van der Waals surface area contributed by atoms with Crippen LogP contribution in [-0.2, 0) is 33.3 Å². The SMILES string of the molecule is CC/C=C\C/C=C\C/C=C\C/C=C\C/C=C\CCCCCCCCCCCCCCCCCCCC(=O)OC(COC(=O)CCCC/C=C\C/C=C\C/C=C\C/C=C\CC)COC(OCC[N+](C)(C)C)C(=O)O. The van der Waals surface area contributed by atoms with Gasteiger partial charge in [-0.1, -0.05) is 220 Å². The normalized spacial score (nSPS) is 13.6. The van der Waals surface area contributed by atoms with Gasteiger partial charge in [-0.25, -0.2) is 4.79 Å². The lowest BCUT2D eigenvalue weighted by atomic mass is 10.0. The van der Waals surface area contributed by atoms with Crippen molar-refractivity contribution in [3.05, 3.63) is 109 Å². The molecule has 0 spiro atoms. The number of hydrogen-bond donors (Lipinski definition) is 1. The van der Waals surface area contributed by atoms with Crippen LogP contribution in [0.3, 0.4) is 0 Å². The van der Waals surface area contributed by atoms with Crippen LogP contribution in [-0.4, -0.2) is 87.4 Å². The molecule has 1 N–H and O–H groups in total. The van der Waals surface area contributed by atoms with E-state index >= 15 is 0 Å². The molecule has 73 heavy (non-hydrogen) atoms. The summed E-state index contributed by atoms with van der Waals surface area (Å²) in [4.78, 5) is 37.3. The molecule has 0 saturated carbocycles. The first-order chi connectivity index (χ1) is 35.6. The first-order valence-corrected chi connectivity index (χ1v) is 29.1. The Morgan fingerprint density at radius 2 is 0.740 bits per heavy atom. The third-order valence-electron chi connectivity index (χ3n) is 12.0. The molecule has 2 unspecified atom stereocenters. The molecule has 0 amide bonds. The van der Waals surface area contributed by atoms with Crippen molar-refractivity contribution in [2.24, 2.45) is 0 Å². The minimum atomic E-state index is -1.52. The monoisotopic (exact) mass is 1020 g/mol. The summed E-state index contributed by atoms with van der Waals surface area (Å²) in [7, 11) is 5.95. The molecule has 0 fully saturated rings. The van der Waals surface area contributed by atoms with Crippen LogP contribution in [0.1, 0.15) is 219 Å². The van der Waals surface area contributed by atoms with Crippen molar-refractivity contribution in [3.8, 4) is 0 Å². The van der Waals surface area contributed by atoms with Gasteiger partial charge in [0.15, 0.2) is 6.10 Å². The molecule has 0 aliphatic heterocycles. The maximum Gasteiger partial charge on any atom is 0.361 e. The molecule has 0 bridgehead atoms. The lowest BCUT2D eigenvalue weighted by molar-refractivity contribution is -0.870. The quantitative estimate of drug-likeness (QED) is 0.0211. The number of ether oxygens (including phenoxy) is 4. The average Bonchev–Trinajstić information content (AvgIpc) is 3.36. The van der Waals surface area contributed by atoms with Gasteiger partial charge >= 0.3 is 17.9 Å². The molecule has 0 aliphatic carbocycles. The van der Waals surface area contributed by atoms with E-state index in [9.17, 15) is 19.5 Å². The van der Waals surface area contributed by atoms with Gasteiger partial charge in [0, 0.05) is 12.8 Å². The van der Waals surface area contributed by atoms with Crippen LogP contribution in [0.15, 0.2) is 109 Å². The van der Waals surface area contributed by atoms with Crippen molar-refractivity contribution in [3.63, 3.8) is 0 Å². The summed E-state index contributed by atoms with van der Waals surface area (Å²) in [5.74, 6) is -2.07. The number of nitrogens with zero attached hydrogens (tertiary/aromatic N) is 1. The van der Waals surface area contributed by atoms with Gasteiger partial charge in [-0.3, -0.25) is 9.59 Å². The highest BCUT2D eigenvalue weighted by molar-refractivity contribution is 5.71. The number of quaternary nitrogens is 1. The zero-order chi connectivity index (χ0) is 53.4. The van der Waals surface area contributed by atoms with E-state index in [1.54, 1.807) is 0 Å². The number of allylic oxidation sites excluding steroid dienone is 18. The van der Waals surface area contributed by atoms with Crippen LogP contribution in [0, 0.1) is 0 Å². The third-order valence-corrected chi connectivity index (χ3v) is 12.0. The van der Waals surface area contributed by atoms with E-state index in [0.717, 1.165) is 89.9 Å². The van der Waals surface area contributed by atoms with E-state index in [0.29, 0.717) is 23.9 Å². The Kier molecular flexibility index (Phi) is 51.2. The second-order valence-electron chi connectivity index (χ2n) is 20.2. The Labute approximate surface area is 447 Å². The minimum Gasteiger partial charge on any atom is -0.477 e. The van der Waals surface area contributed by atoms with Crippen LogP contribution in [0.5, 0.6) is 0 Å². The standard InChI is InChI=1S/C64H107NO8/c1-6-8-10-12-14-16-18-20-22-23-24-25-26-27-28-29-30-31-32-33-34-35-36-37-38-39-41-43-45-47-49-51-53-55-62(67)73-60(59-72-64(63(68)69)70-57-56-65(3,4)5)58-71-61(66)54-52-50-48-46-44-42-40-21-19-17-15-13-11-9-7-2/h8-11,14-17,20-22,24-25,27-28,40,44,46,60,64H,6-7,12-13,18-19,23,26,29-39,41-43,45,47-59H2,1-5H3/p+1/b10-8-,11-9-,16-14-,17-15-,22-20-,25-24-,28-27-,40-21-,46-44-. The van der Waals surface area contributed by atoms with Crippen molar-refractivity contribution >= 4 is 17.9 Å². The molecule has 0 aromatic rings. The van der Waals surface area contributed by atoms with Crippen molar-refractivity contribution in [2.45, 2.75) is 232 Å². The number of carbonyl (C=O) groups excluding carboxylic acids is 2. The molecule has 0 aromatic heterocycles. The maximum atomic E-state index is 12.9. The fraction of sp³-hybridized carbons (Fsp3) is 0.672. The fourth-order valence-corrected chi connectivity index (χ4v) is 7.62. The second-order valence-corrected chi connectivity index (χ2v) is 20.2. The molecule has 9 nitrogen and oxygen atoms in total. The van der Waals surface area contributed by atoms with Gasteiger partial charge in [-0.15, -0.1) is 0 Å². The Hall–Kier alpha value is -4.05. The van der Waals surface area contributed by atoms with Crippen molar-refractivity contribution in [2.75, 3.05) is 47.5 Å². The minimum absolute atomic E-state index is 0.177. The van der Waals surface area contributed by atoms with Crippen LogP contribution < -0.4 is 0 Å². The molecule has 0 rings (SSSR count). The van der Waals surface area contributed by atoms with Gasteiger partial charge in [-0.2, -0.15) is 0 Å². The van der Waals surface area contributed by atoms with E-state index in [2.05, 4.69) is 123 Å². The summed E-state index contributed by atoms with van der Waals surface area (Å²) in [5.41, 5.74) is 0. The summed E-state index contributed by atoms with van der Waals surface area (Å²) < 4.78 is 22.8. The van der Waals surface area contributed by atoms with Gasteiger partial charge < -0.3 is 28.5 Å². The van der Waals surface area contributed by atoms with Gasteiger partial charge in [-0.05, 0) is 96.3 Å². The van der Waals surface area contributed by atoms with Gasteiger partial charge in [0.25, 0.3) is 6.29 Å². The van der Waals surface area contributed by atoms with Gasteiger partial charge in [0.05, 0.1) is 34.4 Å². The second kappa shape index (κ2) is 54.2. The zero-order valence-electron chi connectivity index (χ0n) is 47.3. The first-order valence-electron chi connectivity index (χ1n) is 29.1. The third kappa shape index (κ3) is 55.5. The largest absolute Gasteiger partial charge is 0.477 e. The fourth-order valence-electron chi connectivity index (χ4n) is 7.62. The Morgan fingerprint density at radius 1 is 0.411 bits per heavy atom. The van der Waals surface area contributed by atoms with E-state index in [1.807, 2.05) is 21.1 Å². The van der Waals surface area contributed by atoms with E-state index < -0.39 is 24.3 Å². The first kappa shape index (κ1) is 69.0. The molecular formula is C64H108NO8+. The number of esters is 2. The smallest absolute Gasteiger partial charge is 0.361 e. The van der Waals surface area contributed by atoms with Crippen LogP contribution in [0.2, 0.25) is 0 Å². The van der Waals surface area contributed by atoms with Crippen molar-refractivity contribution in [1.82, 2.24) is 0 Å². The average molecular weight is 1020 g/mol. The molecule has 0 radical (unpaired) electrons. The van der Waals surface area contributed by atoms with Gasteiger partial charge in [0.1, 0.15) is 13.2 Å². The molecule has 2 atom stereocenters. The summed E-state index contributed by atoms with van der Waals surface area (Å²) in [6, 6.07) is 0. The number of carbonyl (C=O) groups is 3. The number of rotatable bonds is 52. The number of hydrogen-bond acceptors (Lipinski definition) is 7. The van der Waals surface area contributed by atoms with Crippen molar-refractivity contribution in [1.29, 1.82) is 0 Å². The highest BCUT2D eigenvalue weighted by Crippen LogP contribution is 2.16. The van der Waals surface area contributed by atoms with E-state index in [1.165, 1.54) is 89.9 Å². The number of unbranched alkanes of at least 4 members (excludes halogenated alkanes) is 19. The summed E-state index contributed by atoms with van der Waals surface area (Å²) >= 11 is 0. The van der Waals surface area contributed by atoms with Crippen molar-refractivity contribution < 1.29 is 42.9 Å². The predicted octanol–water partition coefficient (Wildman–Crippen LogP) is 17.1. The number of aliphatic carboxylic acids is 1. The Balaban J connectivity index is 4.16. The Bertz CT molecular complexity index is 1560. The highest BCUT2D eigenvalue weighted by Gasteiger charge is 2.25. The number of likely N-dealkylation sites (N-methyl/N-ethyl adjacent to an activating group) is 1. The highest BCUT2D eigenvalue weighted by atomic mass is 16.7. The van der Waals surface area contributed by atoms with E-state index in [-0.39, 0.29) is 38.6 Å². The topological polar surface area (TPSA) is 108 Å². The Morgan fingerprint density at radius 3 is 1.12 bits per heavy atom. The number of carboxylic acids is 1. The molecular weight excluding hydrogens is 911 g/mol. The van der Waals surface area contributed by atoms with Crippen LogP contribution >= 0.6 is 0 Å². The number of carboxylic acid groups (broad SMARTS) is 1. The van der Waals surface area contributed by atoms with Crippen LogP contribution in [0.25, 0.3) is 0 Å². The summed E-state index contributed by atoms with van der Waals surface area (Å²) in [6.45, 7) is 4.59. The zero-order valence-corrected chi connectivity index (χ0v) is 47.3. The predicted molar refractivity (Wildman–Crippen MR) is 308 cm³/mol. The molecule has 416 valence electrons. The van der Waals surface area contributed by atoms with Crippen LogP contribution in [0.4, 0.5) is 0 Å². The van der Waals surface area contributed by atoms with Gasteiger partial charge in [0.2, 0.25) is 0 Å². The summed E-state index contributed by atoms with van der Waals surface area (Å²) in [5, 5.41) is 9.69. The molecule has 0 saturated heterocycles. The molecule has 0 aliphatic rings. The molecule has 0 aromatic carbocycles. The molecule has 9 heteroatoms. The van der Waals surface area contributed by atoms with E-state index in [4.69, 9.17) is 18.9 Å². The lowest BCUT2D eigenvalue weighted by Crippen LogP contribution is -2.40. The molecule has 0 heterocycles. The maximum absolute atomic E-state index is 12.9. The summed E-state index contributed by atoms with van der Waals surface area (Å²) in [6.07, 6.45) is 71.9.